The first-order valence-electron chi connectivity index (χ1n) is 5.09. The van der Waals surface area contributed by atoms with Gasteiger partial charge in [-0.25, -0.2) is 0 Å². The number of hydrogen-bond donors (Lipinski definition) is 1. The maximum atomic E-state index is 8.93. The van der Waals surface area contributed by atoms with Crippen LogP contribution in [0.2, 0.25) is 0 Å². The normalized spacial score (nSPS) is 9.73. The van der Waals surface area contributed by atoms with Gasteiger partial charge in [-0.2, -0.15) is 5.26 Å². The molecule has 0 saturated heterocycles. The lowest BCUT2D eigenvalue weighted by molar-refractivity contribution is 0.302. The van der Waals surface area contributed by atoms with Gasteiger partial charge < -0.3 is 10.0 Å². The van der Waals surface area contributed by atoms with Crippen molar-refractivity contribution in [3.05, 3.63) is 29.3 Å². The Labute approximate surface area is 90.6 Å². The lowest BCUT2D eigenvalue weighted by Gasteiger charge is -2.23. The Morgan fingerprint density at radius 3 is 2.67 bits per heavy atom. The Morgan fingerprint density at radius 2 is 2.20 bits per heavy atom. The van der Waals surface area contributed by atoms with Crippen molar-refractivity contribution in [3.63, 3.8) is 0 Å². The van der Waals surface area contributed by atoms with Gasteiger partial charge in [0.1, 0.15) is 0 Å². The third-order valence-electron chi connectivity index (χ3n) is 2.42. The molecule has 0 heterocycles. The van der Waals surface area contributed by atoms with Crippen LogP contribution >= 0.6 is 0 Å². The number of nitrogens with zero attached hydrogens (tertiary/aromatic N) is 2. The molecule has 1 aromatic carbocycles. The Bertz CT molecular complexity index is 368. The molecule has 0 spiro atoms. The number of likely N-dealkylation sites (N-methyl/N-ethyl adjacent to an activating group) is 1. The minimum atomic E-state index is 0.146. The summed E-state index contributed by atoms with van der Waals surface area (Å²) in [5.74, 6) is 0. The van der Waals surface area contributed by atoms with Crippen LogP contribution in [-0.4, -0.2) is 24.8 Å². The molecule has 0 atom stereocenters. The highest BCUT2D eigenvalue weighted by molar-refractivity contribution is 5.56. The molecule has 1 aromatic rings. The van der Waals surface area contributed by atoms with Crippen LogP contribution in [-0.2, 0) is 0 Å². The second-order valence-electron chi connectivity index (χ2n) is 3.42. The molecule has 15 heavy (non-hydrogen) atoms. The molecule has 3 nitrogen and oxygen atoms in total. The van der Waals surface area contributed by atoms with E-state index in [-0.39, 0.29) is 6.61 Å². The quantitative estimate of drug-likeness (QED) is 0.811. The summed E-state index contributed by atoms with van der Waals surface area (Å²) >= 11 is 0. The predicted molar refractivity (Wildman–Crippen MR) is 60.9 cm³/mol. The highest BCUT2D eigenvalue weighted by Gasteiger charge is 2.06. The van der Waals surface area contributed by atoms with Crippen molar-refractivity contribution < 1.29 is 5.11 Å². The first kappa shape index (κ1) is 11.5. The molecule has 1 N–H and O–H groups in total. The Hall–Kier alpha value is -1.53. The molecule has 0 amide bonds. The van der Waals surface area contributed by atoms with Crippen LogP contribution in [0.25, 0.3) is 0 Å². The van der Waals surface area contributed by atoms with E-state index >= 15 is 0 Å². The van der Waals surface area contributed by atoms with Gasteiger partial charge in [-0.05, 0) is 37.6 Å². The fourth-order valence-corrected chi connectivity index (χ4v) is 1.65. The molecule has 1 rings (SSSR count). The summed E-state index contributed by atoms with van der Waals surface area (Å²) in [6.45, 7) is 5.66. The van der Waals surface area contributed by atoms with Crippen molar-refractivity contribution in [1.82, 2.24) is 0 Å². The molecule has 3 heteroatoms. The fraction of sp³-hybridized carbons (Fsp3) is 0.417. The molecule has 80 valence electrons. The third kappa shape index (κ3) is 2.71. The summed E-state index contributed by atoms with van der Waals surface area (Å²) in [5.41, 5.74) is 2.84. The van der Waals surface area contributed by atoms with Gasteiger partial charge in [-0.15, -0.1) is 0 Å². The third-order valence-corrected chi connectivity index (χ3v) is 2.42. The maximum absolute atomic E-state index is 8.93. The van der Waals surface area contributed by atoms with E-state index in [1.807, 2.05) is 32.0 Å². The minimum Gasteiger partial charge on any atom is -0.395 e. The molecule has 0 saturated carbocycles. The second kappa shape index (κ2) is 5.38. The van der Waals surface area contributed by atoms with Gasteiger partial charge in [0.25, 0.3) is 0 Å². The zero-order valence-corrected chi connectivity index (χ0v) is 9.20. The molecule has 0 fully saturated rings. The molecular formula is C12H16N2O. The molecular weight excluding hydrogens is 188 g/mol. The van der Waals surface area contributed by atoms with E-state index in [1.165, 1.54) is 0 Å². The van der Waals surface area contributed by atoms with E-state index in [4.69, 9.17) is 10.4 Å². The van der Waals surface area contributed by atoms with Gasteiger partial charge in [0, 0.05) is 18.8 Å². The van der Waals surface area contributed by atoms with Crippen LogP contribution in [0.15, 0.2) is 18.2 Å². The molecule has 0 unspecified atom stereocenters. The topological polar surface area (TPSA) is 47.3 Å². The minimum absolute atomic E-state index is 0.146. The van der Waals surface area contributed by atoms with E-state index in [9.17, 15) is 0 Å². The summed E-state index contributed by atoms with van der Waals surface area (Å²) in [7, 11) is 0. The zero-order chi connectivity index (χ0) is 11.3. The summed E-state index contributed by atoms with van der Waals surface area (Å²) in [6, 6.07) is 7.73. The van der Waals surface area contributed by atoms with Crippen molar-refractivity contribution in [1.29, 1.82) is 5.26 Å². The standard InChI is InChI=1S/C12H16N2O/c1-3-14(6-7-15)12-5-4-11(9-13)8-10(12)2/h4-5,8,15H,3,6-7H2,1-2H3. The summed E-state index contributed by atoms with van der Waals surface area (Å²) < 4.78 is 0. The predicted octanol–water partition coefficient (Wildman–Crippen LogP) is 1.69. The van der Waals surface area contributed by atoms with Gasteiger partial charge in [-0.3, -0.25) is 0 Å². The molecule has 0 aliphatic rings. The van der Waals surface area contributed by atoms with E-state index < -0.39 is 0 Å². The van der Waals surface area contributed by atoms with Crippen LogP contribution in [0.3, 0.4) is 0 Å². The number of benzene rings is 1. The highest BCUT2D eigenvalue weighted by atomic mass is 16.3. The smallest absolute Gasteiger partial charge is 0.0991 e. The molecule has 0 radical (unpaired) electrons. The van der Waals surface area contributed by atoms with Crippen molar-refractivity contribution in [2.75, 3.05) is 24.6 Å². The van der Waals surface area contributed by atoms with Crippen molar-refractivity contribution in [2.45, 2.75) is 13.8 Å². The lowest BCUT2D eigenvalue weighted by Crippen LogP contribution is -2.26. The highest BCUT2D eigenvalue weighted by Crippen LogP contribution is 2.20. The number of aliphatic hydroxyl groups excluding tert-OH is 1. The zero-order valence-electron chi connectivity index (χ0n) is 9.20. The molecule has 0 aliphatic carbocycles. The Balaban J connectivity index is 2.98. The summed E-state index contributed by atoms with van der Waals surface area (Å²) in [5, 5.41) is 17.7. The van der Waals surface area contributed by atoms with Crippen molar-refractivity contribution >= 4 is 5.69 Å². The van der Waals surface area contributed by atoms with Crippen molar-refractivity contribution in [2.24, 2.45) is 0 Å². The van der Waals surface area contributed by atoms with Crippen LogP contribution < -0.4 is 4.90 Å². The van der Waals surface area contributed by atoms with E-state index in [1.54, 1.807) is 0 Å². The Kier molecular flexibility index (Phi) is 4.14. The first-order valence-corrected chi connectivity index (χ1v) is 5.09. The Morgan fingerprint density at radius 1 is 1.47 bits per heavy atom. The van der Waals surface area contributed by atoms with Crippen molar-refractivity contribution in [3.8, 4) is 6.07 Å². The molecule has 0 aromatic heterocycles. The van der Waals surface area contributed by atoms with Gasteiger partial charge in [-0.1, -0.05) is 0 Å². The maximum Gasteiger partial charge on any atom is 0.0991 e. The summed E-state index contributed by atoms with van der Waals surface area (Å²) in [4.78, 5) is 2.09. The van der Waals surface area contributed by atoms with Crippen LogP contribution in [0.5, 0.6) is 0 Å². The van der Waals surface area contributed by atoms with Crippen LogP contribution in [0, 0.1) is 18.3 Å². The summed E-state index contributed by atoms with van der Waals surface area (Å²) in [6.07, 6.45) is 0. The van der Waals surface area contributed by atoms with E-state index in [0.717, 1.165) is 17.8 Å². The SMILES string of the molecule is CCN(CCO)c1ccc(C#N)cc1C. The number of aryl methyl sites for hydroxylation is 1. The van der Waals surface area contributed by atoms with Gasteiger partial charge in [0.2, 0.25) is 0 Å². The van der Waals surface area contributed by atoms with E-state index in [2.05, 4.69) is 11.0 Å². The average molecular weight is 204 g/mol. The van der Waals surface area contributed by atoms with Gasteiger partial charge in [0.15, 0.2) is 0 Å². The van der Waals surface area contributed by atoms with Gasteiger partial charge in [0.05, 0.1) is 18.2 Å². The number of hydrogen-bond acceptors (Lipinski definition) is 3. The largest absolute Gasteiger partial charge is 0.395 e. The van der Waals surface area contributed by atoms with Gasteiger partial charge >= 0.3 is 0 Å². The molecule has 0 bridgehead atoms. The van der Waals surface area contributed by atoms with Crippen LogP contribution in [0.1, 0.15) is 18.1 Å². The second-order valence-corrected chi connectivity index (χ2v) is 3.42. The first-order chi connectivity index (χ1) is 7.22. The molecule has 0 aliphatic heterocycles. The fourth-order valence-electron chi connectivity index (χ4n) is 1.65. The number of nitriles is 1. The number of aliphatic hydroxyl groups is 1. The lowest BCUT2D eigenvalue weighted by atomic mass is 10.1. The number of rotatable bonds is 4. The monoisotopic (exact) mass is 204 g/mol. The average Bonchev–Trinajstić information content (AvgIpc) is 2.26. The van der Waals surface area contributed by atoms with Crippen LogP contribution in [0.4, 0.5) is 5.69 Å². The number of anilines is 1. The van der Waals surface area contributed by atoms with E-state index in [0.29, 0.717) is 12.1 Å².